The van der Waals surface area contributed by atoms with Crippen molar-refractivity contribution in [2.75, 3.05) is 6.61 Å². The predicted molar refractivity (Wildman–Crippen MR) is 94.3 cm³/mol. The van der Waals surface area contributed by atoms with Crippen LogP contribution in [0.15, 0.2) is 55.0 Å². The molecule has 2 atom stereocenters. The van der Waals surface area contributed by atoms with Crippen molar-refractivity contribution in [2.45, 2.75) is 25.5 Å². The highest BCUT2D eigenvalue weighted by molar-refractivity contribution is 5.90. The second-order valence-corrected chi connectivity index (χ2v) is 6.08. The summed E-state index contributed by atoms with van der Waals surface area (Å²) in [4.78, 5) is 14.0. The van der Waals surface area contributed by atoms with Gasteiger partial charge >= 0.3 is 0 Å². The summed E-state index contributed by atoms with van der Waals surface area (Å²) in [5.41, 5.74) is 5.56. The molecule has 2 aromatic carbocycles. The number of nitrogens with zero attached hydrogens (tertiary/aromatic N) is 1. The molecule has 0 saturated heterocycles. The molecule has 0 aliphatic rings. The number of ether oxygens (including phenoxy) is 1. The van der Waals surface area contributed by atoms with Crippen LogP contribution >= 0.6 is 0 Å². The third kappa shape index (κ3) is 3.97. The summed E-state index contributed by atoms with van der Waals surface area (Å²) in [5.74, 6) is 0.260. The van der Waals surface area contributed by atoms with Gasteiger partial charge in [0.25, 0.3) is 5.91 Å². The highest BCUT2D eigenvalue weighted by atomic mass is 16.5. The molecule has 0 fully saturated rings. The number of amides is 1. The van der Waals surface area contributed by atoms with Crippen LogP contribution in [0.3, 0.4) is 0 Å². The zero-order valence-corrected chi connectivity index (χ0v) is 14.1. The number of aromatic nitrogens is 2. The van der Waals surface area contributed by atoms with Gasteiger partial charge in [0.15, 0.2) is 0 Å². The summed E-state index contributed by atoms with van der Waals surface area (Å²) in [6.07, 6.45) is 3.23. The third-order valence-corrected chi connectivity index (χ3v) is 4.26. The van der Waals surface area contributed by atoms with Gasteiger partial charge in [-0.15, -0.1) is 0 Å². The van der Waals surface area contributed by atoms with Crippen LogP contribution in [-0.4, -0.2) is 28.7 Å². The van der Waals surface area contributed by atoms with E-state index in [1.54, 1.807) is 24.0 Å². The number of primary amides is 1. The SMILES string of the molecule is C[C@H](O)[C@@H](CCOc1ccc2ccccc2c1)[n+]1c[nH]c(C(N)=O)c1. The molecule has 0 bridgehead atoms. The van der Waals surface area contributed by atoms with Gasteiger partial charge in [-0.3, -0.25) is 4.79 Å². The molecule has 0 aliphatic heterocycles. The largest absolute Gasteiger partial charge is 0.493 e. The standard InChI is InChI=1S/C19H21N3O3/c1-13(23)18(22-11-17(19(20)24)21-12-22)8-9-25-16-7-6-14-4-2-3-5-15(14)10-16/h2-7,10-13,18,23H,8-9H2,1H3,(H2,20,24)/p+1/t13-,18+/m0/s1. The number of H-pyrrole nitrogens is 1. The molecule has 0 aliphatic carbocycles. The Morgan fingerprint density at radius 3 is 2.72 bits per heavy atom. The van der Waals surface area contributed by atoms with Crippen LogP contribution in [0.1, 0.15) is 29.9 Å². The number of carbonyl (C=O) groups excluding carboxylic acids is 1. The van der Waals surface area contributed by atoms with E-state index in [4.69, 9.17) is 10.5 Å². The van der Waals surface area contributed by atoms with E-state index < -0.39 is 12.0 Å². The maximum Gasteiger partial charge on any atom is 0.292 e. The number of aromatic amines is 1. The predicted octanol–water partition coefficient (Wildman–Crippen LogP) is 1.95. The van der Waals surface area contributed by atoms with E-state index >= 15 is 0 Å². The zero-order chi connectivity index (χ0) is 17.8. The van der Waals surface area contributed by atoms with E-state index in [1.807, 2.05) is 36.4 Å². The summed E-state index contributed by atoms with van der Waals surface area (Å²) in [7, 11) is 0. The normalized spacial score (nSPS) is 13.5. The molecule has 6 nitrogen and oxygen atoms in total. The second-order valence-electron chi connectivity index (χ2n) is 6.08. The molecule has 130 valence electrons. The fraction of sp³-hybridized carbons (Fsp3) is 0.263. The maximum atomic E-state index is 11.2. The minimum absolute atomic E-state index is 0.218. The van der Waals surface area contributed by atoms with E-state index in [2.05, 4.69) is 11.1 Å². The number of fused-ring (bicyclic) bond motifs is 1. The van der Waals surface area contributed by atoms with E-state index in [-0.39, 0.29) is 6.04 Å². The lowest BCUT2D eigenvalue weighted by Gasteiger charge is -2.17. The van der Waals surface area contributed by atoms with Crippen LogP contribution in [0.2, 0.25) is 0 Å². The minimum atomic E-state index is -0.596. The van der Waals surface area contributed by atoms with Gasteiger partial charge in [0, 0.05) is 6.42 Å². The van der Waals surface area contributed by atoms with Crippen molar-refractivity contribution in [1.29, 1.82) is 0 Å². The Labute approximate surface area is 145 Å². The van der Waals surface area contributed by atoms with Crippen LogP contribution in [0.5, 0.6) is 5.75 Å². The molecule has 25 heavy (non-hydrogen) atoms. The van der Waals surface area contributed by atoms with Gasteiger partial charge < -0.3 is 15.6 Å². The van der Waals surface area contributed by atoms with Gasteiger partial charge in [-0.2, -0.15) is 0 Å². The number of aliphatic hydroxyl groups is 1. The first-order valence-corrected chi connectivity index (χ1v) is 8.23. The number of nitrogens with two attached hydrogens (primary N) is 1. The smallest absolute Gasteiger partial charge is 0.292 e. The van der Waals surface area contributed by atoms with Crippen molar-refractivity contribution in [3.05, 3.63) is 60.7 Å². The van der Waals surface area contributed by atoms with Gasteiger partial charge in [-0.05, 0) is 29.8 Å². The lowest BCUT2D eigenvalue weighted by molar-refractivity contribution is -0.729. The quantitative estimate of drug-likeness (QED) is 0.574. The average Bonchev–Trinajstić information content (AvgIpc) is 3.08. The highest BCUT2D eigenvalue weighted by Crippen LogP contribution is 2.21. The molecule has 3 rings (SSSR count). The van der Waals surface area contributed by atoms with Crippen molar-refractivity contribution < 1.29 is 19.2 Å². The first kappa shape index (κ1) is 17.0. The molecular formula is C19H22N3O3+. The Morgan fingerprint density at radius 2 is 2.04 bits per heavy atom. The number of imidazole rings is 1. The minimum Gasteiger partial charge on any atom is -0.493 e. The molecule has 0 saturated carbocycles. The summed E-state index contributed by atoms with van der Waals surface area (Å²) < 4.78 is 7.60. The molecule has 0 radical (unpaired) electrons. The molecule has 1 heterocycles. The van der Waals surface area contributed by atoms with Crippen LogP contribution in [0.4, 0.5) is 0 Å². The van der Waals surface area contributed by atoms with Gasteiger partial charge in [0.1, 0.15) is 18.0 Å². The first-order valence-electron chi connectivity index (χ1n) is 8.23. The topological polar surface area (TPSA) is 92.2 Å². The first-order chi connectivity index (χ1) is 12.0. The van der Waals surface area contributed by atoms with Crippen molar-refractivity contribution in [3.8, 4) is 5.75 Å². The Bertz CT molecular complexity index is 873. The van der Waals surface area contributed by atoms with E-state index in [0.717, 1.165) is 11.1 Å². The number of hydrogen-bond donors (Lipinski definition) is 3. The molecular weight excluding hydrogens is 318 g/mol. The van der Waals surface area contributed by atoms with Gasteiger partial charge in [0.05, 0.1) is 12.7 Å². The Hall–Kier alpha value is -2.86. The molecule has 3 aromatic rings. The number of carbonyl (C=O) groups is 1. The third-order valence-electron chi connectivity index (χ3n) is 4.26. The zero-order valence-electron chi connectivity index (χ0n) is 14.1. The molecule has 1 aromatic heterocycles. The Morgan fingerprint density at radius 1 is 1.28 bits per heavy atom. The molecule has 6 heteroatoms. The van der Waals surface area contributed by atoms with Crippen molar-refractivity contribution in [2.24, 2.45) is 5.73 Å². The summed E-state index contributed by atoms with van der Waals surface area (Å²) >= 11 is 0. The number of benzene rings is 2. The van der Waals surface area contributed by atoms with Crippen LogP contribution in [0, 0.1) is 0 Å². The maximum absolute atomic E-state index is 11.2. The van der Waals surface area contributed by atoms with Crippen LogP contribution in [-0.2, 0) is 0 Å². The number of rotatable bonds is 7. The molecule has 0 unspecified atom stereocenters. The molecule has 4 N–H and O–H groups in total. The summed E-state index contributed by atoms with van der Waals surface area (Å²) in [5, 5.41) is 12.3. The Kier molecular flexibility index (Phi) is 5.00. The fourth-order valence-corrected chi connectivity index (χ4v) is 2.89. The Balaban J connectivity index is 1.65. The van der Waals surface area contributed by atoms with Crippen molar-refractivity contribution in [3.63, 3.8) is 0 Å². The fourth-order valence-electron chi connectivity index (χ4n) is 2.89. The van der Waals surface area contributed by atoms with Crippen LogP contribution in [0.25, 0.3) is 10.8 Å². The molecule has 1 amide bonds. The molecule has 0 spiro atoms. The summed E-state index contributed by atoms with van der Waals surface area (Å²) in [6.45, 7) is 2.16. The lowest BCUT2D eigenvalue weighted by atomic mass is 10.1. The highest BCUT2D eigenvalue weighted by Gasteiger charge is 2.24. The number of nitrogens with one attached hydrogen (secondary N) is 1. The van der Waals surface area contributed by atoms with E-state index in [1.165, 1.54) is 5.39 Å². The van der Waals surface area contributed by atoms with Crippen molar-refractivity contribution in [1.82, 2.24) is 4.98 Å². The van der Waals surface area contributed by atoms with E-state index in [0.29, 0.717) is 18.7 Å². The number of hydrogen-bond acceptors (Lipinski definition) is 3. The number of aliphatic hydroxyl groups excluding tert-OH is 1. The average molecular weight is 340 g/mol. The van der Waals surface area contributed by atoms with Gasteiger partial charge in [-0.25, -0.2) is 9.55 Å². The lowest BCUT2D eigenvalue weighted by Crippen LogP contribution is -2.44. The van der Waals surface area contributed by atoms with E-state index in [9.17, 15) is 9.90 Å². The van der Waals surface area contributed by atoms with Gasteiger partial charge in [-0.1, -0.05) is 30.3 Å². The van der Waals surface area contributed by atoms with Gasteiger partial charge in [0.2, 0.25) is 12.0 Å². The van der Waals surface area contributed by atoms with Crippen molar-refractivity contribution >= 4 is 16.7 Å². The second kappa shape index (κ2) is 7.36. The monoisotopic (exact) mass is 340 g/mol. The van der Waals surface area contributed by atoms with Crippen LogP contribution < -0.4 is 15.0 Å². The summed E-state index contributed by atoms with van der Waals surface area (Å²) in [6, 6.07) is 13.8.